The van der Waals surface area contributed by atoms with E-state index in [0.717, 1.165) is 57.3 Å². The fraction of sp³-hybridized carbons (Fsp3) is 0.171. The van der Waals surface area contributed by atoms with E-state index < -0.39 is 13.3 Å². The van der Waals surface area contributed by atoms with Crippen LogP contribution in [0.1, 0.15) is 24.0 Å². The maximum atomic E-state index is 14.8. The topological polar surface area (TPSA) is 38.9 Å². The van der Waals surface area contributed by atoms with Crippen LogP contribution in [0.25, 0.3) is 55.6 Å². The second-order valence-corrected chi connectivity index (χ2v) is 23.5. The average molecular weight is 856 g/mol. The Balaban J connectivity index is 0.000000194. The standard InChI is InChI=1S/C27H19FNO.C14H16GeN.Ir/c28-24-16-26-23(15-22(24)17-6-2-1-3-7-17)21-11-10-19(14-25(21)30-26)27-20-9-5-4-8-18(20)12-13-29-27;1-15(2,3)13-9-10-14(16-11-13)12-7-5-4-6-8-12;/h1-3,6-7,11-16H,4-5,8-9H2;4-7,9-11H,1-3H3;/q2*-1;. The van der Waals surface area contributed by atoms with Crippen LogP contribution < -0.4 is 4.40 Å². The van der Waals surface area contributed by atoms with Gasteiger partial charge in [0.05, 0.1) is 5.58 Å². The van der Waals surface area contributed by atoms with Crippen LogP contribution in [0.15, 0.2) is 114 Å². The molecule has 3 heterocycles. The zero-order chi connectivity index (χ0) is 31.7. The summed E-state index contributed by atoms with van der Waals surface area (Å²) in [5.74, 6) is 6.86. The summed E-state index contributed by atoms with van der Waals surface area (Å²) in [6, 6.07) is 37.9. The third-order valence-corrected chi connectivity index (χ3v) is 13.0. The molecule has 47 heavy (non-hydrogen) atoms. The molecule has 0 N–H and O–H groups in total. The number of pyridine rings is 2. The van der Waals surface area contributed by atoms with Crippen LogP contribution in [-0.4, -0.2) is 23.2 Å². The smallest absolute Gasteiger partial charge is 0 e. The van der Waals surface area contributed by atoms with Crippen molar-refractivity contribution >= 4 is 39.6 Å². The number of hydrogen-bond donors (Lipinski definition) is 0. The molecule has 0 bridgehead atoms. The molecular weight excluding hydrogens is 820 g/mol. The largest absolute Gasteiger partial charge is 0 e. The van der Waals surface area contributed by atoms with Gasteiger partial charge in [0.2, 0.25) is 0 Å². The van der Waals surface area contributed by atoms with E-state index in [1.807, 2.05) is 85.2 Å². The molecule has 1 aliphatic carbocycles. The maximum absolute atomic E-state index is 14.8. The quantitative estimate of drug-likeness (QED) is 0.131. The first-order valence-corrected chi connectivity index (χ1v) is 23.2. The molecule has 7 aromatic rings. The Morgan fingerprint density at radius 3 is 2.30 bits per heavy atom. The van der Waals surface area contributed by atoms with Gasteiger partial charge >= 0.3 is 99.8 Å². The molecule has 0 spiro atoms. The third kappa shape index (κ3) is 7.04. The Labute approximate surface area is 292 Å². The normalized spacial score (nSPS) is 12.6. The number of hydrogen-bond acceptors (Lipinski definition) is 3. The van der Waals surface area contributed by atoms with Gasteiger partial charge in [0, 0.05) is 37.9 Å². The van der Waals surface area contributed by atoms with Gasteiger partial charge in [0.25, 0.3) is 0 Å². The van der Waals surface area contributed by atoms with Crippen molar-refractivity contribution in [1.29, 1.82) is 0 Å². The van der Waals surface area contributed by atoms with E-state index in [9.17, 15) is 4.39 Å². The van der Waals surface area contributed by atoms with Crippen LogP contribution >= 0.6 is 0 Å². The molecule has 1 aliphatic rings. The SMILES string of the molecule is Fc1cc2oc3cc(-c4nccc5c4CCCC5)[c-]cc3c2cc1-c1ccccc1.[CH3][Ge]([CH3])([CH3])[c]1ccc(-c2[c-]cccc2)nc1.[Ir]. The minimum Gasteiger partial charge on any atom is 0 e. The molecule has 237 valence electrons. The minimum atomic E-state index is -1.72. The number of nitrogens with zero attached hydrogens (tertiary/aromatic N) is 2. The number of aromatic nitrogens is 2. The molecule has 1 radical (unpaired) electrons. The van der Waals surface area contributed by atoms with E-state index >= 15 is 0 Å². The molecule has 0 saturated carbocycles. The molecule has 3 nitrogen and oxygen atoms in total. The van der Waals surface area contributed by atoms with Crippen molar-refractivity contribution in [3.63, 3.8) is 0 Å². The fourth-order valence-corrected chi connectivity index (χ4v) is 8.33. The molecule has 6 heteroatoms. The number of furan rings is 1. The number of fused-ring (bicyclic) bond motifs is 4. The van der Waals surface area contributed by atoms with Gasteiger partial charge in [0.15, 0.2) is 0 Å². The van der Waals surface area contributed by atoms with Crippen molar-refractivity contribution in [1.82, 2.24) is 9.97 Å². The van der Waals surface area contributed by atoms with Gasteiger partial charge < -0.3 is 9.40 Å². The first-order valence-electron chi connectivity index (χ1n) is 15.9. The number of aryl methyl sites for hydroxylation is 1. The average Bonchev–Trinajstić information content (AvgIpc) is 3.44. The number of rotatable bonds is 4. The summed E-state index contributed by atoms with van der Waals surface area (Å²) >= 11 is -1.72. The maximum Gasteiger partial charge on any atom is 0 e. The fourth-order valence-electron chi connectivity index (χ4n) is 6.15. The zero-order valence-electron chi connectivity index (χ0n) is 26.7. The molecule has 8 rings (SSSR count). The van der Waals surface area contributed by atoms with Crippen LogP contribution in [0, 0.1) is 17.9 Å². The van der Waals surface area contributed by atoms with Crippen LogP contribution in [0.3, 0.4) is 0 Å². The molecule has 3 aromatic heterocycles. The second-order valence-electron chi connectivity index (χ2n) is 12.9. The monoisotopic (exact) mass is 857 g/mol. The first-order chi connectivity index (χ1) is 22.3. The molecule has 0 fully saturated rings. The Morgan fingerprint density at radius 1 is 0.766 bits per heavy atom. The Kier molecular flexibility index (Phi) is 9.88. The van der Waals surface area contributed by atoms with E-state index in [4.69, 9.17) is 4.42 Å². The molecule has 0 amide bonds. The van der Waals surface area contributed by atoms with Crippen molar-refractivity contribution in [2.24, 2.45) is 0 Å². The summed E-state index contributed by atoms with van der Waals surface area (Å²) in [4.78, 5) is 9.19. The summed E-state index contributed by atoms with van der Waals surface area (Å²) in [5, 5.41) is 1.84. The molecule has 0 unspecified atom stereocenters. The molecule has 0 atom stereocenters. The zero-order valence-corrected chi connectivity index (χ0v) is 31.2. The van der Waals surface area contributed by atoms with Crippen molar-refractivity contribution in [2.45, 2.75) is 43.0 Å². The molecule has 4 aromatic carbocycles. The summed E-state index contributed by atoms with van der Waals surface area (Å²) in [5.41, 5.74) is 9.43. The molecule has 0 saturated heterocycles. The van der Waals surface area contributed by atoms with Gasteiger partial charge in [-0.2, -0.15) is 0 Å². The molecule has 0 aliphatic heterocycles. The summed E-state index contributed by atoms with van der Waals surface area (Å²) in [6.45, 7) is 0. The van der Waals surface area contributed by atoms with Crippen molar-refractivity contribution < 1.29 is 28.9 Å². The number of benzene rings is 4. The first kappa shape index (κ1) is 33.0. The van der Waals surface area contributed by atoms with Gasteiger partial charge in [0.1, 0.15) is 11.4 Å². The van der Waals surface area contributed by atoms with Gasteiger partial charge in [-0.15, -0.1) is 17.7 Å². The minimum absolute atomic E-state index is 0. The van der Waals surface area contributed by atoms with Crippen molar-refractivity contribution in [3.05, 3.63) is 139 Å². The van der Waals surface area contributed by atoms with Crippen LogP contribution in [-0.2, 0) is 32.9 Å². The summed E-state index contributed by atoms with van der Waals surface area (Å²) < 4.78 is 22.3. The summed E-state index contributed by atoms with van der Waals surface area (Å²) in [7, 11) is 0. The van der Waals surface area contributed by atoms with Crippen molar-refractivity contribution in [2.75, 3.05) is 0 Å². The Morgan fingerprint density at radius 2 is 1.55 bits per heavy atom. The van der Waals surface area contributed by atoms with Gasteiger partial charge in [-0.05, 0) is 54.5 Å². The van der Waals surface area contributed by atoms with Crippen LogP contribution in [0.5, 0.6) is 0 Å². The second kappa shape index (κ2) is 14.1. The van der Waals surface area contributed by atoms with Crippen LogP contribution in [0.4, 0.5) is 4.39 Å². The number of halogens is 1. The third-order valence-electron chi connectivity index (χ3n) is 8.72. The van der Waals surface area contributed by atoms with E-state index in [1.165, 1.54) is 34.4 Å². The van der Waals surface area contributed by atoms with Gasteiger partial charge in [-0.3, -0.25) is 0 Å². The Bertz CT molecular complexity index is 2140. The van der Waals surface area contributed by atoms with Gasteiger partial charge in [-0.1, -0.05) is 52.9 Å². The van der Waals surface area contributed by atoms with Crippen LogP contribution in [0.2, 0.25) is 17.3 Å². The van der Waals surface area contributed by atoms with E-state index in [0.29, 0.717) is 11.1 Å². The summed E-state index contributed by atoms with van der Waals surface area (Å²) in [6.07, 6.45) is 8.52. The van der Waals surface area contributed by atoms with Gasteiger partial charge in [-0.25, -0.2) is 4.39 Å². The van der Waals surface area contributed by atoms with E-state index in [-0.39, 0.29) is 25.9 Å². The van der Waals surface area contributed by atoms with E-state index in [1.54, 1.807) is 0 Å². The van der Waals surface area contributed by atoms with E-state index in [2.05, 4.69) is 57.6 Å². The predicted octanol–water partition coefficient (Wildman–Crippen LogP) is 10.2. The molecular formula is C41H35FGeIrN2O-2. The van der Waals surface area contributed by atoms with Crippen molar-refractivity contribution in [3.8, 4) is 33.6 Å². The predicted molar refractivity (Wildman–Crippen MR) is 189 cm³/mol. The Hall–Kier alpha value is -3.90.